The normalized spacial score (nSPS) is 14.0. The van der Waals surface area contributed by atoms with E-state index in [2.05, 4.69) is 30.9 Å². The molecule has 3 aromatic carbocycles. The van der Waals surface area contributed by atoms with Crippen molar-refractivity contribution in [3.63, 3.8) is 0 Å². The Bertz CT molecular complexity index is 2110. The van der Waals surface area contributed by atoms with Crippen molar-refractivity contribution >= 4 is 56.4 Å². The number of carbonyl (C=O) groups excluding carboxylic acids is 3. The number of nitrogens with one attached hydrogen (secondary N) is 6. The van der Waals surface area contributed by atoms with Gasteiger partial charge in [-0.25, -0.2) is 0 Å². The summed E-state index contributed by atoms with van der Waals surface area (Å²) in [6, 6.07) is 18.4. The van der Waals surface area contributed by atoms with Gasteiger partial charge in [-0.1, -0.05) is 54.6 Å². The Hall–Kier alpha value is -5.88. The fourth-order valence-electron chi connectivity index (χ4n) is 6.02. The first-order valence-corrected chi connectivity index (χ1v) is 15.7. The van der Waals surface area contributed by atoms with Crippen LogP contribution in [0.3, 0.4) is 0 Å². The Morgan fingerprint density at radius 2 is 0.979 bits per heavy atom. The first kappa shape index (κ1) is 32.1. The summed E-state index contributed by atoms with van der Waals surface area (Å²) >= 11 is 0. The van der Waals surface area contributed by atoms with Crippen LogP contribution < -0.4 is 21.7 Å². The molecule has 4 atom stereocenters. The number of hydrogen-bond donors (Lipinski definition) is 8. The molecule has 0 spiro atoms. The van der Waals surface area contributed by atoms with E-state index in [1.54, 1.807) is 12.4 Å². The van der Waals surface area contributed by atoms with Gasteiger partial charge in [-0.2, -0.15) is 0 Å². The van der Waals surface area contributed by atoms with E-state index in [1.807, 2.05) is 79.0 Å². The number of aromatic amines is 3. The lowest BCUT2D eigenvalue weighted by Gasteiger charge is -2.25. The zero-order chi connectivity index (χ0) is 33.8. The predicted octanol–water partition coefficient (Wildman–Crippen LogP) is 3.04. The lowest BCUT2D eigenvalue weighted by atomic mass is 10.0. The molecule has 3 amide bonds. The number of aliphatic carboxylic acids is 1. The Morgan fingerprint density at radius 3 is 1.42 bits per heavy atom. The van der Waals surface area contributed by atoms with Crippen LogP contribution in [-0.2, 0) is 38.4 Å². The molecular formula is C36H37N7O5. The predicted molar refractivity (Wildman–Crippen MR) is 183 cm³/mol. The number of amides is 3. The molecular weight excluding hydrogens is 610 g/mol. The molecule has 48 heavy (non-hydrogen) atoms. The fourth-order valence-corrected chi connectivity index (χ4v) is 6.02. The monoisotopic (exact) mass is 647 g/mol. The molecule has 0 radical (unpaired) electrons. The number of hydrogen-bond acceptors (Lipinski definition) is 5. The maximum absolute atomic E-state index is 14.1. The van der Waals surface area contributed by atoms with E-state index >= 15 is 0 Å². The van der Waals surface area contributed by atoms with Gasteiger partial charge in [0.05, 0.1) is 6.04 Å². The van der Waals surface area contributed by atoms with Crippen molar-refractivity contribution in [3.05, 3.63) is 108 Å². The number of para-hydroxylation sites is 3. The second-order valence-electron chi connectivity index (χ2n) is 12.0. The third-order valence-electron chi connectivity index (χ3n) is 8.64. The summed E-state index contributed by atoms with van der Waals surface area (Å²) in [6.45, 7) is 1.35. The van der Waals surface area contributed by atoms with E-state index in [9.17, 15) is 24.3 Å². The molecule has 3 aromatic heterocycles. The number of fused-ring (bicyclic) bond motifs is 3. The van der Waals surface area contributed by atoms with E-state index in [0.29, 0.717) is 0 Å². The molecule has 6 rings (SSSR count). The molecule has 6 aromatic rings. The molecule has 0 bridgehead atoms. The molecule has 9 N–H and O–H groups in total. The van der Waals surface area contributed by atoms with Gasteiger partial charge >= 0.3 is 5.97 Å². The highest BCUT2D eigenvalue weighted by atomic mass is 16.4. The highest BCUT2D eigenvalue weighted by Gasteiger charge is 2.31. The van der Waals surface area contributed by atoms with Crippen molar-refractivity contribution in [1.82, 2.24) is 30.9 Å². The molecule has 3 heterocycles. The maximum atomic E-state index is 14.1. The van der Waals surface area contributed by atoms with Gasteiger partial charge in [0.1, 0.15) is 18.1 Å². The standard InChI is InChI=1S/C36H37N7O5/c1-20(36(47)48)41-34(45)31(15-22-18-39-29-12-6-3-9-25(22)29)43-35(46)32(16-23-19-40-30-13-7-4-10-26(23)30)42-33(44)27(37)14-21-17-38-28-11-5-2-8-24(21)28/h2-13,17-20,27,31-32,38-40H,14-16,37H2,1H3,(H,41,45)(H,42,44)(H,43,46)(H,47,48). The Morgan fingerprint density at radius 1 is 0.604 bits per heavy atom. The number of rotatable bonds is 13. The second-order valence-corrected chi connectivity index (χ2v) is 12.0. The highest BCUT2D eigenvalue weighted by Crippen LogP contribution is 2.22. The van der Waals surface area contributed by atoms with Crippen LogP contribution in [0.1, 0.15) is 23.6 Å². The lowest BCUT2D eigenvalue weighted by Crippen LogP contribution is -2.58. The molecule has 12 heteroatoms. The molecule has 0 aliphatic carbocycles. The minimum absolute atomic E-state index is 0.0712. The SMILES string of the molecule is CC(NC(=O)C(Cc1c[nH]c2ccccc12)NC(=O)C(Cc1c[nH]c2ccccc12)NC(=O)C(N)Cc1c[nH]c2ccccc12)C(=O)O. The topological polar surface area (TPSA) is 198 Å². The fraction of sp³-hybridized carbons (Fsp3) is 0.222. The van der Waals surface area contributed by atoms with E-state index in [1.165, 1.54) is 6.92 Å². The third kappa shape index (κ3) is 6.93. The van der Waals surface area contributed by atoms with Crippen molar-refractivity contribution in [2.24, 2.45) is 5.73 Å². The number of carboxylic acids is 1. The number of benzene rings is 3. The van der Waals surface area contributed by atoms with Crippen LogP contribution in [0.15, 0.2) is 91.4 Å². The smallest absolute Gasteiger partial charge is 0.325 e. The quantitative estimate of drug-likeness (QED) is 0.0948. The summed E-state index contributed by atoms with van der Waals surface area (Å²) in [6.07, 6.45) is 5.77. The molecule has 4 unspecified atom stereocenters. The minimum Gasteiger partial charge on any atom is -0.480 e. The Balaban J connectivity index is 1.26. The molecule has 0 aliphatic rings. The number of nitrogens with two attached hydrogens (primary N) is 1. The van der Waals surface area contributed by atoms with Gasteiger partial charge in [0.15, 0.2) is 0 Å². The summed E-state index contributed by atoms with van der Waals surface area (Å²) in [4.78, 5) is 62.3. The molecule has 246 valence electrons. The van der Waals surface area contributed by atoms with Crippen molar-refractivity contribution in [2.45, 2.75) is 50.4 Å². The van der Waals surface area contributed by atoms with Crippen LogP contribution in [-0.4, -0.2) is 67.9 Å². The Labute approximate surface area is 275 Å². The first-order valence-electron chi connectivity index (χ1n) is 15.7. The average molecular weight is 648 g/mol. The van der Waals surface area contributed by atoms with Crippen LogP contribution in [0.5, 0.6) is 0 Å². The van der Waals surface area contributed by atoms with Crippen LogP contribution >= 0.6 is 0 Å². The summed E-state index contributed by atoms with van der Waals surface area (Å²) < 4.78 is 0. The number of carboxylic acid groups (broad SMARTS) is 1. The third-order valence-corrected chi connectivity index (χ3v) is 8.64. The van der Waals surface area contributed by atoms with Crippen molar-refractivity contribution in [2.75, 3.05) is 0 Å². The molecule has 0 aliphatic heterocycles. The summed E-state index contributed by atoms with van der Waals surface area (Å²) in [5, 5.41) is 20.3. The largest absolute Gasteiger partial charge is 0.480 e. The van der Waals surface area contributed by atoms with Gasteiger partial charge in [0.2, 0.25) is 17.7 Å². The number of H-pyrrole nitrogens is 3. The van der Waals surface area contributed by atoms with E-state index in [0.717, 1.165) is 49.4 Å². The van der Waals surface area contributed by atoms with Gasteiger partial charge < -0.3 is 41.7 Å². The summed E-state index contributed by atoms with van der Waals surface area (Å²) in [7, 11) is 0. The first-order chi connectivity index (χ1) is 23.2. The van der Waals surface area contributed by atoms with Gasteiger partial charge in [-0.3, -0.25) is 19.2 Å². The highest BCUT2D eigenvalue weighted by molar-refractivity contribution is 5.96. The van der Waals surface area contributed by atoms with Crippen LogP contribution in [0.2, 0.25) is 0 Å². The molecule has 0 saturated heterocycles. The molecule has 0 fully saturated rings. The zero-order valence-corrected chi connectivity index (χ0v) is 26.2. The van der Waals surface area contributed by atoms with E-state index in [-0.39, 0.29) is 19.3 Å². The Kier molecular flexibility index (Phi) is 9.26. The number of aromatic nitrogens is 3. The van der Waals surface area contributed by atoms with Gasteiger partial charge in [-0.15, -0.1) is 0 Å². The molecule has 12 nitrogen and oxygen atoms in total. The van der Waals surface area contributed by atoms with Gasteiger partial charge in [0.25, 0.3) is 0 Å². The van der Waals surface area contributed by atoms with E-state index in [4.69, 9.17) is 5.73 Å². The van der Waals surface area contributed by atoms with Gasteiger partial charge in [0, 0.05) is 64.1 Å². The second kappa shape index (κ2) is 13.9. The summed E-state index contributed by atoms with van der Waals surface area (Å²) in [5.74, 6) is -3.03. The summed E-state index contributed by atoms with van der Waals surface area (Å²) in [5.41, 5.74) is 11.5. The average Bonchev–Trinajstić information content (AvgIpc) is 3.81. The maximum Gasteiger partial charge on any atom is 0.325 e. The molecule has 0 saturated carbocycles. The van der Waals surface area contributed by atoms with Crippen LogP contribution in [0.4, 0.5) is 0 Å². The van der Waals surface area contributed by atoms with Crippen molar-refractivity contribution < 1.29 is 24.3 Å². The number of carbonyl (C=O) groups is 4. The van der Waals surface area contributed by atoms with Crippen LogP contribution in [0, 0.1) is 0 Å². The lowest BCUT2D eigenvalue weighted by molar-refractivity contribution is -0.141. The zero-order valence-electron chi connectivity index (χ0n) is 26.2. The van der Waals surface area contributed by atoms with E-state index < -0.39 is 47.9 Å². The van der Waals surface area contributed by atoms with Crippen molar-refractivity contribution in [1.29, 1.82) is 0 Å². The van der Waals surface area contributed by atoms with Crippen LogP contribution in [0.25, 0.3) is 32.7 Å². The van der Waals surface area contributed by atoms with Crippen molar-refractivity contribution in [3.8, 4) is 0 Å². The minimum atomic E-state index is -1.21. The van der Waals surface area contributed by atoms with Gasteiger partial charge in [-0.05, 0) is 48.2 Å².